The molecule has 0 aliphatic heterocycles. The van der Waals surface area contributed by atoms with Gasteiger partial charge in [0.15, 0.2) is 0 Å². The van der Waals surface area contributed by atoms with Gasteiger partial charge in [-0.3, -0.25) is 28.8 Å². The number of thioether (sulfide) groups is 2. The highest BCUT2D eigenvalue weighted by molar-refractivity contribution is 8.76. The molecule has 0 aliphatic rings. The highest BCUT2D eigenvalue weighted by atomic mass is 33.1. The molecule has 0 heterocycles. The van der Waals surface area contributed by atoms with E-state index >= 15 is 0 Å². The molecule has 1 aromatic carbocycles. The topological polar surface area (TPSA) is 287 Å². The Hall–Kier alpha value is -2.72. The van der Waals surface area contributed by atoms with E-state index < -0.39 is 37.4 Å². The van der Waals surface area contributed by atoms with Crippen molar-refractivity contribution in [1.82, 2.24) is 20.9 Å². The van der Waals surface area contributed by atoms with Gasteiger partial charge in [0.2, 0.25) is 11.8 Å². The molecule has 5 N–H and O–H groups in total. The number of non-ortho nitro benzene ring substituents is 1. The van der Waals surface area contributed by atoms with E-state index in [-0.39, 0.29) is 67.4 Å². The summed E-state index contributed by atoms with van der Waals surface area (Å²) in [7, 11) is -5.15. The minimum atomic E-state index is -3.97. The summed E-state index contributed by atoms with van der Waals surface area (Å²) in [5, 5.41) is 19.0. The Balaban J connectivity index is 2.32. The normalized spacial score (nSPS) is 11.5. The number of nitrogens with one attached hydrogen (secondary N) is 3. The van der Waals surface area contributed by atoms with Crippen LogP contribution in [0.1, 0.15) is 38.5 Å². The highest BCUT2D eigenvalue weighted by Crippen LogP contribution is 2.21. The second kappa shape index (κ2) is 32.1. The van der Waals surface area contributed by atoms with Crippen molar-refractivity contribution in [2.24, 2.45) is 0 Å². The Morgan fingerprint density at radius 2 is 1.16 bits per heavy atom. The lowest BCUT2D eigenvalue weighted by atomic mass is 10.3. The molecule has 0 aromatic heterocycles. The first-order valence-electron chi connectivity index (χ1n) is 18.1. The van der Waals surface area contributed by atoms with Crippen molar-refractivity contribution in [2.45, 2.75) is 38.5 Å². The van der Waals surface area contributed by atoms with E-state index in [2.05, 4.69) is 16.0 Å². The van der Waals surface area contributed by atoms with Crippen molar-refractivity contribution in [3.8, 4) is 5.75 Å². The zero-order valence-electron chi connectivity index (χ0n) is 31.9. The summed E-state index contributed by atoms with van der Waals surface area (Å²) in [6.07, 6.45) is 0.767. The molecule has 0 fully saturated rings. The summed E-state index contributed by atoms with van der Waals surface area (Å²) in [4.78, 5) is 61.0. The Morgan fingerprint density at radius 3 is 1.64 bits per heavy atom. The van der Waals surface area contributed by atoms with Crippen LogP contribution in [0.3, 0.4) is 0 Å². The molecule has 0 bridgehead atoms. The summed E-state index contributed by atoms with van der Waals surface area (Å²) in [6.45, 7) is 2.22. The van der Waals surface area contributed by atoms with E-state index in [9.17, 15) is 46.1 Å². The Kier molecular flexibility index (Phi) is 29.5. The average molecular weight is 940 g/mol. The van der Waals surface area contributed by atoms with Gasteiger partial charge >= 0.3 is 12.2 Å². The quantitative estimate of drug-likeness (QED) is 0.0126. The summed E-state index contributed by atoms with van der Waals surface area (Å²) in [5.41, 5.74) is -0.139. The van der Waals surface area contributed by atoms with Gasteiger partial charge in [0.1, 0.15) is 19.0 Å². The first-order chi connectivity index (χ1) is 27.5. The summed E-state index contributed by atoms with van der Waals surface area (Å²) in [5.74, 6) is 2.62. The molecule has 0 aliphatic carbocycles. The first-order valence-corrected chi connectivity index (χ1v) is 26.1. The van der Waals surface area contributed by atoms with Gasteiger partial charge < -0.3 is 35.1 Å². The third kappa shape index (κ3) is 33.1. The third-order valence-corrected chi connectivity index (χ3v) is 13.3. The van der Waals surface area contributed by atoms with E-state index in [1.54, 1.807) is 0 Å². The number of carbonyl (C=O) groups is 4. The van der Waals surface area contributed by atoms with E-state index in [4.69, 9.17) is 23.3 Å². The minimum Gasteiger partial charge on any atom is -0.449 e. The zero-order chi connectivity index (χ0) is 43.1. The van der Waals surface area contributed by atoms with Crippen LogP contribution in [-0.2, 0) is 39.3 Å². The molecule has 3 amide bonds. The zero-order valence-corrected chi connectivity index (χ0v) is 36.8. The molecule has 0 radical (unpaired) electrons. The number of carbonyl (C=O) groups excluding carboxylic acids is 4. The number of rotatable bonds is 34. The second-order valence-electron chi connectivity index (χ2n) is 11.9. The van der Waals surface area contributed by atoms with E-state index in [1.807, 2.05) is 4.90 Å². The predicted molar refractivity (Wildman–Crippen MR) is 227 cm³/mol. The predicted octanol–water partition coefficient (Wildman–Crippen LogP) is 3.33. The number of ether oxygens (including phenoxy) is 3. The number of hydrogen-bond donors (Lipinski definition) is 5. The molecule has 58 heavy (non-hydrogen) atoms. The number of amides is 3. The van der Waals surface area contributed by atoms with Gasteiger partial charge in [-0.1, -0.05) is 21.6 Å². The second-order valence-corrected chi connectivity index (χ2v) is 20.2. The van der Waals surface area contributed by atoms with Crippen LogP contribution in [-0.4, -0.2) is 158 Å². The third-order valence-electron chi connectivity index (χ3n) is 7.08. The number of benzene rings is 1. The van der Waals surface area contributed by atoms with Crippen LogP contribution in [0.25, 0.3) is 0 Å². The van der Waals surface area contributed by atoms with Crippen LogP contribution >= 0.6 is 45.1 Å². The first kappa shape index (κ1) is 53.3. The lowest BCUT2D eigenvalue weighted by Crippen LogP contribution is -2.39. The summed E-state index contributed by atoms with van der Waals surface area (Å²) < 4.78 is 75.8. The van der Waals surface area contributed by atoms with Crippen LogP contribution < -0.4 is 20.7 Å². The lowest BCUT2D eigenvalue weighted by molar-refractivity contribution is -0.384. The number of nitro groups is 1. The molecule has 0 atom stereocenters. The smallest absolute Gasteiger partial charge is 0.449 e. The Bertz CT molecular complexity index is 1530. The molecule has 0 spiro atoms. The SMILES string of the molecule is O=C(CCN(CCNC(=O)OCCSSCCOC(=O)Oc1ccc([N+](=O)[O-])cc1)CCC(=O)NCCCSCCCS(=O)(=O)O)NCCCSCCCS(=O)(=O)O. The fraction of sp³-hybridized carbons (Fsp3) is 0.688. The molecule has 1 aromatic rings. The van der Waals surface area contributed by atoms with Crippen LogP contribution in [0.2, 0.25) is 0 Å². The summed E-state index contributed by atoms with van der Waals surface area (Å²) >= 11 is 3.05. The maximum absolute atomic E-state index is 12.5. The molecule has 0 unspecified atom stereocenters. The monoisotopic (exact) mass is 939 g/mol. The number of nitro benzene ring substituents is 1. The highest BCUT2D eigenvalue weighted by Gasteiger charge is 2.13. The van der Waals surface area contributed by atoms with Crippen molar-refractivity contribution in [2.75, 3.05) is 98.5 Å². The van der Waals surface area contributed by atoms with Crippen molar-refractivity contribution >= 4 is 95.1 Å². The standard InChI is InChI=1S/C32H53N5O15S6/c38-29(33-11-1-19-53-21-3-25-57(44,45)46)9-14-36(15-10-30(39)34-12-2-20-54-22-4-26-58(47,48)49)16-13-35-31(40)50-17-23-55-56-24-18-51-32(41)52-28-7-5-27(6-8-28)37(42)43/h5-8H,1-4,9-26H2,(H,33,38)(H,34,39)(H,35,40)(H,44,45,46)(H,47,48,49). The van der Waals surface area contributed by atoms with E-state index in [0.29, 0.717) is 92.9 Å². The lowest BCUT2D eigenvalue weighted by Gasteiger charge is -2.22. The molecule has 0 saturated heterocycles. The van der Waals surface area contributed by atoms with Gasteiger partial charge in [-0.25, -0.2) is 9.59 Å². The number of nitrogens with zero attached hydrogens (tertiary/aromatic N) is 2. The van der Waals surface area contributed by atoms with Crippen LogP contribution in [0.15, 0.2) is 24.3 Å². The fourth-order valence-electron chi connectivity index (χ4n) is 4.30. The minimum absolute atomic E-state index is 0.0526. The molecule has 332 valence electrons. The van der Waals surface area contributed by atoms with Gasteiger partial charge in [0.05, 0.1) is 16.4 Å². The average Bonchev–Trinajstić information content (AvgIpc) is 3.15. The largest absolute Gasteiger partial charge is 0.513 e. The molecule has 26 heteroatoms. The molecule has 0 saturated carbocycles. The van der Waals surface area contributed by atoms with Gasteiger partial charge in [0.25, 0.3) is 25.9 Å². The maximum Gasteiger partial charge on any atom is 0.513 e. The van der Waals surface area contributed by atoms with E-state index in [1.165, 1.54) is 69.4 Å². The van der Waals surface area contributed by atoms with Crippen molar-refractivity contribution in [3.05, 3.63) is 34.4 Å². The van der Waals surface area contributed by atoms with Crippen LogP contribution in [0.5, 0.6) is 5.75 Å². The van der Waals surface area contributed by atoms with Gasteiger partial charge in [-0.15, -0.1) is 0 Å². The maximum atomic E-state index is 12.5. The summed E-state index contributed by atoms with van der Waals surface area (Å²) in [6, 6.07) is 4.97. The van der Waals surface area contributed by atoms with Gasteiger partial charge in [-0.2, -0.15) is 40.4 Å². The van der Waals surface area contributed by atoms with Gasteiger partial charge in [0, 0.05) is 75.7 Å². The van der Waals surface area contributed by atoms with Crippen molar-refractivity contribution in [1.29, 1.82) is 0 Å². The number of hydrogen-bond acceptors (Lipinski definition) is 18. The number of alkyl carbamates (subject to hydrolysis) is 1. The van der Waals surface area contributed by atoms with Crippen LogP contribution in [0, 0.1) is 10.1 Å². The molecule has 1 rings (SSSR count). The Morgan fingerprint density at radius 1 is 0.672 bits per heavy atom. The van der Waals surface area contributed by atoms with Crippen molar-refractivity contribution in [3.63, 3.8) is 0 Å². The van der Waals surface area contributed by atoms with Gasteiger partial charge in [-0.05, 0) is 60.8 Å². The van der Waals surface area contributed by atoms with Crippen molar-refractivity contribution < 1.29 is 64.3 Å². The van der Waals surface area contributed by atoms with Crippen LogP contribution in [0.4, 0.5) is 15.3 Å². The Labute approximate surface area is 355 Å². The van der Waals surface area contributed by atoms with E-state index in [0.717, 1.165) is 0 Å². The molecular formula is C32H53N5O15S6. The molecule has 20 nitrogen and oxygen atoms in total. The fourth-order valence-corrected chi connectivity index (χ4v) is 9.14. The molecular weight excluding hydrogens is 887 g/mol.